The number of ether oxygens (including phenoxy) is 1. The Morgan fingerprint density at radius 3 is 2.67 bits per heavy atom. The molecule has 0 unspecified atom stereocenters. The summed E-state index contributed by atoms with van der Waals surface area (Å²) < 4.78 is 7.70. The van der Waals surface area contributed by atoms with E-state index in [1.807, 2.05) is 33.8 Å². The SMILES string of the molecule is CC1(C)C(NC(=O)c2nc3ncccn3n2)C(C)(C)C1Oc1ccc(C#N)c(Cl)c1. The molecule has 30 heavy (non-hydrogen) atoms. The Kier molecular flexibility index (Phi) is 4.66. The Morgan fingerprint density at radius 2 is 2.03 bits per heavy atom. The van der Waals surface area contributed by atoms with Gasteiger partial charge in [0.15, 0.2) is 0 Å². The molecule has 0 spiro atoms. The van der Waals surface area contributed by atoms with Crippen molar-refractivity contribution in [1.29, 1.82) is 5.26 Å². The Morgan fingerprint density at radius 1 is 1.30 bits per heavy atom. The van der Waals surface area contributed by atoms with Crippen LogP contribution in [-0.4, -0.2) is 37.6 Å². The van der Waals surface area contributed by atoms with Crippen LogP contribution in [0, 0.1) is 22.2 Å². The Labute approximate surface area is 178 Å². The molecule has 154 valence electrons. The maximum absolute atomic E-state index is 12.8. The number of rotatable bonds is 4. The fraction of sp³-hybridized carbons (Fsp3) is 0.381. The number of hydrogen-bond donors (Lipinski definition) is 1. The van der Waals surface area contributed by atoms with Gasteiger partial charge in [0.1, 0.15) is 17.9 Å². The first kappa shape index (κ1) is 20.1. The lowest BCUT2D eigenvalue weighted by Gasteiger charge is -2.63. The summed E-state index contributed by atoms with van der Waals surface area (Å²) in [6.45, 7) is 8.16. The number of hydrogen-bond acceptors (Lipinski definition) is 6. The molecule has 2 aromatic heterocycles. The van der Waals surface area contributed by atoms with Crippen molar-refractivity contribution in [3.05, 3.63) is 53.1 Å². The molecule has 3 aromatic rings. The summed E-state index contributed by atoms with van der Waals surface area (Å²) in [7, 11) is 0. The van der Waals surface area contributed by atoms with Gasteiger partial charge in [-0.3, -0.25) is 4.79 Å². The number of fused-ring (bicyclic) bond motifs is 1. The van der Waals surface area contributed by atoms with E-state index in [9.17, 15) is 4.79 Å². The molecule has 0 saturated heterocycles. The van der Waals surface area contributed by atoms with E-state index in [1.165, 1.54) is 4.52 Å². The molecule has 1 aromatic carbocycles. The number of halogens is 1. The number of nitriles is 1. The van der Waals surface area contributed by atoms with Crippen LogP contribution in [0.5, 0.6) is 5.75 Å². The highest BCUT2D eigenvalue weighted by molar-refractivity contribution is 6.31. The van der Waals surface area contributed by atoms with Crippen molar-refractivity contribution in [2.75, 3.05) is 0 Å². The molecule has 1 saturated carbocycles. The standard InChI is InChI=1S/C21H21ClN6O2/c1-20(2)17(26-16(29)15-25-19-24-8-5-9-28(19)27-15)21(3,4)18(20)30-13-7-6-12(11-23)14(22)10-13/h5-10,17-18H,1-4H3,(H,26,29). The number of amides is 1. The summed E-state index contributed by atoms with van der Waals surface area (Å²) in [4.78, 5) is 21.1. The number of nitrogens with one attached hydrogen (secondary N) is 1. The molecule has 8 nitrogen and oxygen atoms in total. The van der Waals surface area contributed by atoms with Crippen molar-refractivity contribution < 1.29 is 9.53 Å². The highest BCUT2D eigenvalue weighted by atomic mass is 35.5. The molecular formula is C21H21ClN6O2. The molecule has 9 heteroatoms. The van der Waals surface area contributed by atoms with Gasteiger partial charge in [-0.1, -0.05) is 39.3 Å². The van der Waals surface area contributed by atoms with Gasteiger partial charge in [0.25, 0.3) is 11.7 Å². The Bertz CT molecular complexity index is 1130. The summed E-state index contributed by atoms with van der Waals surface area (Å²) in [6, 6.07) is 8.60. The van der Waals surface area contributed by atoms with Crippen LogP contribution in [-0.2, 0) is 0 Å². The van der Waals surface area contributed by atoms with Crippen LogP contribution in [0.3, 0.4) is 0 Å². The third kappa shape index (κ3) is 3.15. The lowest BCUT2D eigenvalue weighted by molar-refractivity contribution is -0.164. The third-order valence-corrected chi connectivity index (χ3v) is 6.06. The second kappa shape index (κ2) is 6.96. The van der Waals surface area contributed by atoms with Crippen molar-refractivity contribution in [2.24, 2.45) is 10.8 Å². The molecule has 0 aliphatic heterocycles. The Hall–Kier alpha value is -3.18. The van der Waals surface area contributed by atoms with Crippen molar-refractivity contribution in [3.8, 4) is 11.8 Å². The van der Waals surface area contributed by atoms with E-state index in [1.54, 1.807) is 36.7 Å². The average Bonchev–Trinajstić information content (AvgIpc) is 3.14. The molecule has 0 bridgehead atoms. The van der Waals surface area contributed by atoms with Crippen LogP contribution in [0.15, 0.2) is 36.7 Å². The largest absolute Gasteiger partial charge is 0.489 e. The van der Waals surface area contributed by atoms with Crippen molar-refractivity contribution >= 4 is 23.3 Å². The second-order valence-corrected chi connectivity index (χ2v) is 9.01. The summed E-state index contributed by atoms with van der Waals surface area (Å²) in [6.07, 6.45) is 3.10. The first-order valence-corrected chi connectivity index (χ1v) is 9.87. The number of aromatic nitrogens is 4. The van der Waals surface area contributed by atoms with Crippen LogP contribution >= 0.6 is 11.6 Å². The number of carbonyl (C=O) groups is 1. The number of carbonyl (C=O) groups excluding carboxylic acids is 1. The van der Waals surface area contributed by atoms with Crippen LogP contribution in [0.4, 0.5) is 0 Å². The first-order valence-electron chi connectivity index (χ1n) is 9.49. The van der Waals surface area contributed by atoms with Gasteiger partial charge in [-0.2, -0.15) is 10.2 Å². The van der Waals surface area contributed by atoms with Gasteiger partial charge in [0.2, 0.25) is 5.82 Å². The minimum absolute atomic E-state index is 0.0727. The quantitative estimate of drug-likeness (QED) is 0.689. The molecule has 1 aliphatic carbocycles. The fourth-order valence-corrected chi connectivity index (χ4v) is 4.83. The van der Waals surface area contributed by atoms with Gasteiger partial charge in [-0.05, 0) is 18.2 Å². The maximum atomic E-state index is 12.8. The highest BCUT2D eigenvalue weighted by Crippen LogP contribution is 2.55. The highest BCUT2D eigenvalue weighted by Gasteiger charge is 2.64. The molecule has 0 atom stereocenters. The minimum Gasteiger partial charge on any atom is -0.489 e. The predicted octanol–water partition coefficient (Wildman–Crippen LogP) is 3.26. The molecule has 0 radical (unpaired) electrons. The molecule has 1 N–H and O–H groups in total. The van der Waals surface area contributed by atoms with Gasteiger partial charge < -0.3 is 10.1 Å². The van der Waals surface area contributed by atoms with Crippen LogP contribution < -0.4 is 10.1 Å². The van der Waals surface area contributed by atoms with Gasteiger partial charge in [-0.25, -0.2) is 9.50 Å². The first-order chi connectivity index (χ1) is 14.1. The van der Waals surface area contributed by atoms with E-state index in [4.69, 9.17) is 21.6 Å². The summed E-state index contributed by atoms with van der Waals surface area (Å²) in [5.41, 5.74) is -0.329. The van der Waals surface area contributed by atoms with E-state index in [0.717, 1.165) is 0 Å². The van der Waals surface area contributed by atoms with Crippen LogP contribution in [0.2, 0.25) is 5.02 Å². The zero-order valence-electron chi connectivity index (χ0n) is 17.0. The lowest BCUT2D eigenvalue weighted by Crippen LogP contribution is -2.74. The van der Waals surface area contributed by atoms with Gasteiger partial charge in [-0.15, -0.1) is 5.10 Å². The molecule has 1 amide bonds. The number of benzene rings is 1. The number of nitrogens with zero attached hydrogens (tertiary/aromatic N) is 5. The van der Waals surface area contributed by atoms with Crippen molar-refractivity contribution in [3.63, 3.8) is 0 Å². The second-order valence-electron chi connectivity index (χ2n) is 8.60. The van der Waals surface area contributed by atoms with E-state index in [-0.39, 0.29) is 34.7 Å². The topological polar surface area (TPSA) is 105 Å². The van der Waals surface area contributed by atoms with Crippen molar-refractivity contribution in [1.82, 2.24) is 24.9 Å². The van der Waals surface area contributed by atoms with E-state index in [2.05, 4.69) is 20.4 Å². The summed E-state index contributed by atoms with van der Waals surface area (Å²) >= 11 is 6.13. The van der Waals surface area contributed by atoms with Gasteiger partial charge >= 0.3 is 0 Å². The molecule has 1 fully saturated rings. The van der Waals surface area contributed by atoms with Crippen molar-refractivity contribution in [2.45, 2.75) is 39.8 Å². The minimum atomic E-state index is -0.364. The molecular weight excluding hydrogens is 404 g/mol. The monoisotopic (exact) mass is 424 g/mol. The fourth-order valence-electron chi connectivity index (χ4n) is 4.62. The molecule has 2 heterocycles. The van der Waals surface area contributed by atoms with Gasteiger partial charge in [0, 0.05) is 35.3 Å². The van der Waals surface area contributed by atoms with E-state index >= 15 is 0 Å². The Balaban J connectivity index is 1.52. The van der Waals surface area contributed by atoms with Crippen LogP contribution in [0.1, 0.15) is 43.9 Å². The average molecular weight is 425 g/mol. The smallest absolute Gasteiger partial charge is 0.291 e. The zero-order chi connectivity index (χ0) is 21.7. The summed E-state index contributed by atoms with van der Waals surface area (Å²) in [5, 5.41) is 16.6. The van der Waals surface area contributed by atoms with E-state index < -0.39 is 0 Å². The van der Waals surface area contributed by atoms with Gasteiger partial charge in [0.05, 0.1) is 10.6 Å². The molecule has 1 aliphatic rings. The van der Waals surface area contributed by atoms with Crippen LogP contribution in [0.25, 0.3) is 5.78 Å². The van der Waals surface area contributed by atoms with E-state index in [0.29, 0.717) is 22.1 Å². The zero-order valence-corrected chi connectivity index (χ0v) is 17.8. The summed E-state index contributed by atoms with van der Waals surface area (Å²) in [5.74, 6) is 0.673. The molecule has 4 rings (SSSR count). The maximum Gasteiger partial charge on any atom is 0.291 e. The normalized spacial score (nSPS) is 21.5. The predicted molar refractivity (Wildman–Crippen MR) is 110 cm³/mol. The third-order valence-electron chi connectivity index (χ3n) is 5.75. The lowest BCUT2D eigenvalue weighted by atomic mass is 9.49.